The number of hydrogen-bond acceptors (Lipinski definition) is 1. The molecule has 112 valence electrons. The molecule has 1 aromatic carbocycles. The highest BCUT2D eigenvalue weighted by Crippen LogP contribution is 2.32. The van der Waals surface area contributed by atoms with Crippen molar-refractivity contribution in [1.29, 1.82) is 0 Å². The highest BCUT2D eigenvalue weighted by Gasteiger charge is 2.22. The average molecular weight is 283 g/mol. The first-order valence-electron chi connectivity index (χ1n) is 8.29. The molecule has 3 rings (SSSR count). The molecule has 1 aromatic rings. The van der Waals surface area contributed by atoms with Crippen LogP contribution in [-0.4, -0.2) is 23.9 Å². The van der Waals surface area contributed by atoms with Crippen LogP contribution in [0.1, 0.15) is 62.5 Å². The molecule has 21 heavy (non-hydrogen) atoms. The maximum Gasteiger partial charge on any atom is 0.219 e. The highest BCUT2D eigenvalue weighted by molar-refractivity contribution is 5.73. The largest absolute Gasteiger partial charge is 0.343 e. The third kappa shape index (κ3) is 3.37. The lowest BCUT2D eigenvalue weighted by molar-refractivity contribution is -0.129. The molecule has 1 saturated heterocycles. The summed E-state index contributed by atoms with van der Waals surface area (Å²) < 4.78 is 0. The van der Waals surface area contributed by atoms with Gasteiger partial charge in [0.05, 0.1) is 0 Å². The van der Waals surface area contributed by atoms with E-state index in [0.717, 1.165) is 25.9 Å². The fraction of sp³-hybridized carbons (Fsp3) is 0.526. The SMILES string of the molecule is CC(=O)N1CCC(c2cccc(C3=CCCCC3)c2)CC1. The number of allylic oxidation sites excluding steroid dienone is 2. The van der Waals surface area contributed by atoms with Crippen LogP contribution in [0.15, 0.2) is 30.3 Å². The summed E-state index contributed by atoms with van der Waals surface area (Å²) in [6.45, 7) is 3.50. The van der Waals surface area contributed by atoms with Crippen LogP contribution in [0.4, 0.5) is 0 Å². The molecule has 2 heteroatoms. The summed E-state index contributed by atoms with van der Waals surface area (Å²) in [6.07, 6.45) is 9.74. The van der Waals surface area contributed by atoms with Gasteiger partial charge in [-0.25, -0.2) is 0 Å². The molecule has 1 aliphatic carbocycles. The molecule has 2 aliphatic rings. The average Bonchev–Trinajstić information content (AvgIpc) is 2.56. The normalized spacial score (nSPS) is 20.2. The number of amides is 1. The molecule has 0 spiro atoms. The summed E-state index contributed by atoms with van der Waals surface area (Å²) in [5.41, 5.74) is 4.41. The van der Waals surface area contributed by atoms with Gasteiger partial charge in [0.1, 0.15) is 0 Å². The van der Waals surface area contributed by atoms with E-state index in [1.54, 1.807) is 6.92 Å². The third-order valence-corrected chi connectivity index (χ3v) is 4.96. The van der Waals surface area contributed by atoms with Gasteiger partial charge in [0, 0.05) is 20.0 Å². The van der Waals surface area contributed by atoms with Crippen molar-refractivity contribution in [3.8, 4) is 0 Å². The molecule has 1 fully saturated rings. The first-order chi connectivity index (χ1) is 10.2. The summed E-state index contributed by atoms with van der Waals surface area (Å²) in [7, 11) is 0. The second-order valence-electron chi connectivity index (χ2n) is 6.38. The third-order valence-electron chi connectivity index (χ3n) is 4.96. The van der Waals surface area contributed by atoms with Crippen LogP contribution in [0.25, 0.3) is 5.57 Å². The summed E-state index contributed by atoms with van der Waals surface area (Å²) in [4.78, 5) is 13.4. The Bertz CT molecular complexity index is 538. The molecule has 0 N–H and O–H groups in total. The van der Waals surface area contributed by atoms with E-state index in [-0.39, 0.29) is 5.91 Å². The summed E-state index contributed by atoms with van der Waals surface area (Å²) >= 11 is 0. The molecule has 0 bridgehead atoms. The van der Waals surface area contributed by atoms with E-state index in [9.17, 15) is 4.79 Å². The van der Waals surface area contributed by atoms with Gasteiger partial charge in [-0.1, -0.05) is 30.3 Å². The number of nitrogens with zero attached hydrogens (tertiary/aromatic N) is 1. The number of piperidine rings is 1. The van der Waals surface area contributed by atoms with Gasteiger partial charge in [-0.2, -0.15) is 0 Å². The summed E-state index contributed by atoms with van der Waals surface area (Å²) in [5.74, 6) is 0.833. The molecule has 0 radical (unpaired) electrons. The van der Waals surface area contributed by atoms with Crippen LogP contribution in [0.3, 0.4) is 0 Å². The zero-order valence-electron chi connectivity index (χ0n) is 13.0. The van der Waals surface area contributed by atoms with Crippen LogP contribution in [0, 0.1) is 0 Å². The molecular weight excluding hydrogens is 258 g/mol. The van der Waals surface area contributed by atoms with Crippen LogP contribution < -0.4 is 0 Å². The van der Waals surface area contributed by atoms with Crippen molar-refractivity contribution in [2.45, 2.75) is 51.4 Å². The van der Waals surface area contributed by atoms with Crippen LogP contribution in [0.2, 0.25) is 0 Å². The molecular formula is C19H25NO. The second kappa shape index (κ2) is 6.46. The Morgan fingerprint density at radius 1 is 1.19 bits per heavy atom. The molecule has 1 amide bonds. The predicted octanol–water partition coefficient (Wildman–Crippen LogP) is 4.37. The standard InChI is InChI=1S/C19H25NO/c1-15(21)20-12-10-17(11-13-20)19-9-5-8-18(14-19)16-6-3-2-4-7-16/h5-6,8-9,14,17H,2-4,7,10-13H2,1H3. The van der Waals surface area contributed by atoms with E-state index in [2.05, 4.69) is 30.3 Å². The van der Waals surface area contributed by atoms with Crippen LogP contribution in [0.5, 0.6) is 0 Å². The number of likely N-dealkylation sites (tertiary alicyclic amines) is 1. The monoisotopic (exact) mass is 283 g/mol. The quantitative estimate of drug-likeness (QED) is 0.789. The Morgan fingerprint density at radius 3 is 2.67 bits per heavy atom. The Balaban J connectivity index is 1.72. The van der Waals surface area contributed by atoms with Crippen molar-refractivity contribution < 1.29 is 4.79 Å². The Morgan fingerprint density at radius 2 is 2.00 bits per heavy atom. The van der Waals surface area contributed by atoms with Gasteiger partial charge in [0.2, 0.25) is 5.91 Å². The minimum absolute atomic E-state index is 0.217. The molecule has 1 aliphatic heterocycles. The first-order valence-corrected chi connectivity index (χ1v) is 8.29. The number of rotatable bonds is 2. The number of carbonyl (C=O) groups is 1. The van der Waals surface area contributed by atoms with E-state index in [0.29, 0.717) is 5.92 Å². The van der Waals surface area contributed by atoms with Gasteiger partial charge in [-0.3, -0.25) is 4.79 Å². The zero-order valence-corrected chi connectivity index (χ0v) is 13.0. The van der Waals surface area contributed by atoms with Gasteiger partial charge >= 0.3 is 0 Å². The van der Waals surface area contributed by atoms with Crippen LogP contribution >= 0.6 is 0 Å². The van der Waals surface area contributed by atoms with E-state index in [1.807, 2.05) is 4.90 Å². The zero-order chi connectivity index (χ0) is 14.7. The summed E-state index contributed by atoms with van der Waals surface area (Å²) in [6, 6.07) is 9.12. The molecule has 0 atom stereocenters. The van der Waals surface area contributed by atoms with Gasteiger partial charge in [-0.15, -0.1) is 0 Å². The molecule has 1 heterocycles. The Hall–Kier alpha value is -1.57. The van der Waals surface area contributed by atoms with Gasteiger partial charge in [-0.05, 0) is 61.1 Å². The lowest BCUT2D eigenvalue weighted by Gasteiger charge is -2.31. The minimum atomic E-state index is 0.217. The van der Waals surface area contributed by atoms with E-state index in [4.69, 9.17) is 0 Å². The maximum atomic E-state index is 11.4. The van der Waals surface area contributed by atoms with Crippen molar-refractivity contribution in [2.24, 2.45) is 0 Å². The van der Waals surface area contributed by atoms with E-state index < -0.39 is 0 Å². The number of hydrogen-bond donors (Lipinski definition) is 0. The van der Waals surface area contributed by atoms with Gasteiger partial charge < -0.3 is 4.90 Å². The van der Waals surface area contributed by atoms with Crippen molar-refractivity contribution in [3.05, 3.63) is 41.5 Å². The van der Waals surface area contributed by atoms with E-state index in [1.165, 1.54) is 42.4 Å². The summed E-state index contributed by atoms with van der Waals surface area (Å²) in [5, 5.41) is 0. The smallest absolute Gasteiger partial charge is 0.219 e. The molecule has 2 nitrogen and oxygen atoms in total. The molecule has 0 saturated carbocycles. The lowest BCUT2D eigenvalue weighted by Crippen LogP contribution is -2.36. The Labute approximate surface area is 127 Å². The minimum Gasteiger partial charge on any atom is -0.343 e. The maximum absolute atomic E-state index is 11.4. The topological polar surface area (TPSA) is 20.3 Å². The number of carbonyl (C=O) groups excluding carboxylic acids is 1. The van der Waals surface area contributed by atoms with E-state index >= 15 is 0 Å². The van der Waals surface area contributed by atoms with Crippen molar-refractivity contribution in [3.63, 3.8) is 0 Å². The fourth-order valence-corrected chi connectivity index (χ4v) is 3.62. The number of benzene rings is 1. The lowest BCUT2D eigenvalue weighted by atomic mass is 9.86. The van der Waals surface area contributed by atoms with Crippen molar-refractivity contribution in [2.75, 3.05) is 13.1 Å². The molecule has 0 aromatic heterocycles. The van der Waals surface area contributed by atoms with Crippen molar-refractivity contribution in [1.82, 2.24) is 4.90 Å². The molecule has 0 unspecified atom stereocenters. The highest BCUT2D eigenvalue weighted by atomic mass is 16.2. The first kappa shape index (κ1) is 14.4. The Kier molecular flexibility index (Phi) is 4.42. The van der Waals surface area contributed by atoms with Gasteiger partial charge in [0.15, 0.2) is 0 Å². The second-order valence-corrected chi connectivity index (χ2v) is 6.38. The fourth-order valence-electron chi connectivity index (χ4n) is 3.62. The predicted molar refractivity (Wildman–Crippen MR) is 87.1 cm³/mol. The van der Waals surface area contributed by atoms with Crippen molar-refractivity contribution >= 4 is 11.5 Å². The van der Waals surface area contributed by atoms with Gasteiger partial charge in [0.25, 0.3) is 0 Å². The van der Waals surface area contributed by atoms with Crippen LogP contribution in [-0.2, 0) is 4.79 Å².